The smallest absolute Gasteiger partial charge is 1.00 e. The first kappa shape index (κ1) is 17.7. The molecule has 0 saturated heterocycles. The maximum Gasteiger partial charge on any atom is 1.00 e. The second-order valence-corrected chi connectivity index (χ2v) is 1.88. The van der Waals surface area contributed by atoms with Gasteiger partial charge in [0.15, 0.2) is 0 Å². The molecule has 0 spiro atoms. The number of halogens is 1. The summed E-state index contributed by atoms with van der Waals surface area (Å²) in [6.45, 7) is 0.501. The van der Waals surface area contributed by atoms with E-state index in [1.165, 1.54) is 0 Å². The molecule has 0 aliphatic rings. The molecular formula is C5H14ClN2NaO2. The Hall–Kier alpha value is 0.680. The van der Waals surface area contributed by atoms with Crippen LogP contribution in [0.3, 0.4) is 0 Å². The van der Waals surface area contributed by atoms with E-state index in [9.17, 15) is 4.79 Å². The summed E-state index contributed by atoms with van der Waals surface area (Å²) >= 11 is 0. The first-order valence-electron chi connectivity index (χ1n) is 2.87. The molecule has 0 saturated carbocycles. The summed E-state index contributed by atoms with van der Waals surface area (Å²) in [5.74, 6) is -0.955. The summed E-state index contributed by atoms with van der Waals surface area (Å²) in [6, 6.07) is -0.742. The second kappa shape index (κ2) is 10.7. The predicted octanol–water partition coefficient (Wildman–Crippen LogP) is -3.32. The van der Waals surface area contributed by atoms with Crippen LogP contribution in [0.1, 0.15) is 14.3 Å². The molecule has 64 valence electrons. The van der Waals surface area contributed by atoms with Crippen LogP contribution in [0, 0.1) is 0 Å². The maximum absolute atomic E-state index is 10.0. The van der Waals surface area contributed by atoms with Gasteiger partial charge in [-0.1, -0.05) is 0 Å². The molecule has 5 N–H and O–H groups in total. The number of aliphatic carboxylic acids is 1. The van der Waals surface area contributed by atoms with Crippen molar-refractivity contribution in [1.82, 2.24) is 0 Å². The van der Waals surface area contributed by atoms with Gasteiger partial charge < -0.3 is 18.0 Å². The number of carbonyl (C=O) groups is 1. The fourth-order valence-corrected chi connectivity index (χ4v) is 0.461. The van der Waals surface area contributed by atoms with Gasteiger partial charge in [-0.15, -0.1) is 12.4 Å². The number of rotatable bonds is 4. The minimum absolute atomic E-state index is 0. The van der Waals surface area contributed by atoms with Crippen molar-refractivity contribution < 1.29 is 40.9 Å². The Labute approximate surface area is 95.9 Å². The maximum atomic E-state index is 10.0. The van der Waals surface area contributed by atoms with Crippen LogP contribution in [0.25, 0.3) is 0 Å². The van der Waals surface area contributed by atoms with Crippen LogP contribution >= 0.6 is 12.4 Å². The van der Waals surface area contributed by atoms with Crippen LogP contribution in [-0.4, -0.2) is 23.7 Å². The molecule has 0 rings (SSSR count). The second-order valence-electron chi connectivity index (χ2n) is 1.88. The molecule has 0 radical (unpaired) electrons. The van der Waals surface area contributed by atoms with E-state index in [0.717, 1.165) is 0 Å². The normalized spacial score (nSPS) is 10.7. The Bertz CT molecular complexity index is 109. The van der Waals surface area contributed by atoms with Gasteiger partial charge in [-0.05, 0) is 19.4 Å². The summed E-state index contributed by atoms with van der Waals surface area (Å²) in [5, 5.41) is 8.24. The third kappa shape index (κ3) is 10.7. The zero-order valence-corrected chi connectivity index (χ0v) is 9.43. The summed E-state index contributed by atoms with van der Waals surface area (Å²) in [7, 11) is 0. The Morgan fingerprint density at radius 1 is 1.64 bits per heavy atom. The predicted molar refractivity (Wildman–Crippen MR) is 42.3 cm³/mol. The Morgan fingerprint density at radius 3 is 2.36 bits per heavy atom. The van der Waals surface area contributed by atoms with E-state index in [2.05, 4.69) is 0 Å². The minimum atomic E-state index is -0.955. The molecule has 4 nitrogen and oxygen atoms in total. The molecule has 0 aromatic rings. The van der Waals surface area contributed by atoms with Crippen molar-refractivity contribution in [3.05, 3.63) is 0 Å². The van der Waals surface area contributed by atoms with Gasteiger partial charge in [0.2, 0.25) is 0 Å². The van der Waals surface area contributed by atoms with Gasteiger partial charge in [0.25, 0.3) is 0 Å². The third-order valence-electron chi connectivity index (χ3n) is 1.04. The molecule has 0 aromatic carbocycles. The van der Waals surface area contributed by atoms with Gasteiger partial charge in [-0.25, -0.2) is 0 Å². The van der Waals surface area contributed by atoms with E-state index in [1.807, 2.05) is 0 Å². The zero-order valence-electron chi connectivity index (χ0n) is 7.62. The SMILES string of the molecule is Cl.NCCC[C@@H](N)C(=O)O.[H-].[Na+]. The fraction of sp³-hybridized carbons (Fsp3) is 0.800. The van der Waals surface area contributed by atoms with Crippen LogP contribution in [0.4, 0.5) is 0 Å². The van der Waals surface area contributed by atoms with Crippen molar-refractivity contribution in [2.45, 2.75) is 18.9 Å². The quantitative estimate of drug-likeness (QED) is 0.407. The van der Waals surface area contributed by atoms with Gasteiger partial charge in [-0.3, -0.25) is 4.79 Å². The molecule has 0 bridgehead atoms. The van der Waals surface area contributed by atoms with Gasteiger partial charge in [0.1, 0.15) is 6.04 Å². The molecule has 0 aliphatic carbocycles. The van der Waals surface area contributed by atoms with Gasteiger partial charge in [0, 0.05) is 0 Å². The molecule has 0 amide bonds. The monoisotopic (exact) mass is 192 g/mol. The van der Waals surface area contributed by atoms with E-state index in [0.29, 0.717) is 19.4 Å². The molecule has 0 fully saturated rings. The first-order valence-corrected chi connectivity index (χ1v) is 2.87. The van der Waals surface area contributed by atoms with Crippen LogP contribution in [-0.2, 0) is 4.79 Å². The third-order valence-corrected chi connectivity index (χ3v) is 1.04. The molecule has 0 aliphatic heterocycles. The van der Waals surface area contributed by atoms with E-state index < -0.39 is 12.0 Å². The molecule has 6 heteroatoms. The topological polar surface area (TPSA) is 89.3 Å². The fourth-order valence-electron chi connectivity index (χ4n) is 0.461. The largest absolute Gasteiger partial charge is 1.00 e. The summed E-state index contributed by atoms with van der Waals surface area (Å²) in [4.78, 5) is 10.0. The number of nitrogens with two attached hydrogens (primary N) is 2. The van der Waals surface area contributed by atoms with Crippen molar-refractivity contribution in [3.8, 4) is 0 Å². The Kier molecular flexibility index (Phi) is 17.2. The van der Waals surface area contributed by atoms with E-state index in [1.54, 1.807) is 0 Å². The molecule has 0 aromatic heterocycles. The van der Waals surface area contributed by atoms with Crippen LogP contribution in [0.15, 0.2) is 0 Å². The van der Waals surface area contributed by atoms with Gasteiger partial charge in [0.05, 0.1) is 0 Å². The summed E-state index contributed by atoms with van der Waals surface area (Å²) < 4.78 is 0. The Morgan fingerprint density at radius 2 is 2.09 bits per heavy atom. The first-order chi connectivity index (χ1) is 4.18. The standard InChI is InChI=1S/C5H12N2O2.ClH.Na.H/c6-3-1-2-4(7)5(8)9;;;/h4H,1-3,6-7H2,(H,8,9);1H;;/q;;+1;-1/t4-;;;/m1.../s1. The summed E-state index contributed by atoms with van der Waals surface area (Å²) in [5.41, 5.74) is 10.3. The number of carboxylic acids is 1. The van der Waals surface area contributed by atoms with E-state index >= 15 is 0 Å². The molecule has 1 atom stereocenters. The minimum Gasteiger partial charge on any atom is -1.00 e. The molecule has 11 heavy (non-hydrogen) atoms. The van der Waals surface area contributed by atoms with Crippen LogP contribution < -0.4 is 41.0 Å². The van der Waals surface area contributed by atoms with Crippen molar-refractivity contribution in [1.29, 1.82) is 0 Å². The van der Waals surface area contributed by atoms with E-state index in [4.69, 9.17) is 16.6 Å². The van der Waals surface area contributed by atoms with Crippen molar-refractivity contribution in [2.24, 2.45) is 11.5 Å². The molecular weight excluding hydrogens is 179 g/mol. The molecule has 0 heterocycles. The van der Waals surface area contributed by atoms with Crippen molar-refractivity contribution >= 4 is 18.4 Å². The number of carboxylic acid groups (broad SMARTS) is 1. The van der Waals surface area contributed by atoms with E-state index in [-0.39, 0.29) is 43.4 Å². The zero-order chi connectivity index (χ0) is 7.28. The van der Waals surface area contributed by atoms with Crippen LogP contribution in [0.5, 0.6) is 0 Å². The average Bonchev–Trinajstić information content (AvgIpc) is 1.82. The number of hydrogen-bond acceptors (Lipinski definition) is 3. The van der Waals surface area contributed by atoms with Gasteiger partial charge >= 0.3 is 35.5 Å². The van der Waals surface area contributed by atoms with Crippen LogP contribution in [0.2, 0.25) is 0 Å². The van der Waals surface area contributed by atoms with Gasteiger partial charge in [-0.2, -0.15) is 0 Å². The summed E-state index contributed by atoms with van der Waals surface area (Å²) in [6.07, 6.45) is 1.14. The average molecular weight is 193 g/mol. The van der Waals surface area contributed by atoms with Crippen molar-refractivity contribution in [2.75, 3.05) is 6.54 Å². The molecule has 0 unspecified atom stereocenters. The number of hydrogen-bond donors (Lipinski definition) is 3. The Balaban J connectivity index is -0.000000107. The van der Waals surface area contributed by atoms with Crippen molar-refractivity contribution in [3.63, 3.8) is 0 Å².